The lowest BCUT2D eigenvalue weighted by atomic mass is 9.71. The Balaban J connectivity index is 1.56. The summed E-state index contributed by atoms with van der Waals surface area (Å²) in [5.41, 5.74) is 4.29. The molecule has 38 heavy (non-hydrogen) atoms. The van der Waals surface area contributed by atoms with Gasteiger partial charge in [0.15, 0.2) is 17.3 Å². The molecule has 0 atom stereocenters. The molecular weight excluding hydrogens is 549 g/mol. The number of carbonyl (C=O) groups is 3. The number of nitrogens with zero attached hydrogens (tertiary/aromatic N) is 1. The van der Waals surface area contributed by atoms with E-state index >= 15 is 0 Å². The zero-order valence-electron chi connectivity index (χ0n) is 20.6. The van der Waals surface area contributed by atoms with Crippen molar-refractivity contribution in [3.05, 3.63) is 85.1 Å². The molecule has 2 aromatic rings. The number of carboxylic acid groups (broad SMARTS) is 1. The van der Waals surface area contributed by atoms with Crippen molar-refractivity contribution in [2.75, 3.05) is 6.54 Å². The highest BCUT2D eigenvalue weighted by atomic mass is 35.5. The van der Waals surface area contributed by atoms with Gasteiger partial charge < -0.3 is 14.7 Å². The number of Topliss-reactive ketones (excluding diaryl/α,β-unsaturated/α-hetero) is 2. The summed E-state index contributed by atoms with van der Waals surface area (Å²) in [4.78, 5) is 40.1. The third-order valence-corrected chi connectivity index (χ3v) is 8.10. The van der Waals surface area contributed by atoms with Gasteiger partial charge in [-0.3, -0.25) is 14.4 Å². The Bertz CT molecular complexity index is 1310. The number of ketones is 2. The molecule has 6 nitrogen and oxygen atoms in total. The second-order valence-corrected chi connectivity index (χ2v) is 11.0. The summed E-state index contributed by atoms with van der Waals surface area (Å²) in [6, 6.07) is 10.7. The van der Waals surface area contributed by atoms with E-state index in [9.17, 15) is 19.5 Å². The van der Waals surface area contributed by atoms with E-state index in [-0.39, 0.29) is 41.2 Å². The number of ether oxygens (including phenoxy) is 1. The number of hydrogen-bond acceptors (Lipinski definition) is 5. The predicted octanol–water partition coefficient (Wildman–Crippen LogP) is 7.11. The fourth-order valence-corrected chi connectivity index (χ4v) is 6.39. The van der Waals surface area contributed by atoms with E-state index in [4.69, 9.17) is 39.5 Å². The van der Waals surface area contributed by atoms with E-state index in [0.717, 1.165) is 17.0 Å². The molecule has 1 heterocycles. The Hall–Kier alpha value is -2.80. The molecule has 0 radical (unpaired) electrons. The lowest BCUT2D eigenvalue weighted by Gasteiger charge is -2.44. The van der Waals surface area contributed by atoms with Crippen LogP contribution in [0.5, 0.6) is 5.75 Å². The van der Waals surface area contributed by atoms with Gasteiger partial charge in [0, 0.05) is 52.9 Å². The van der Waals surface area contributed by atoms with E-state index in [1.807, 2.05) is 17.0 Å². The molecule has 5 rings (SSSR count). The molecule has 0 saturated carbocycles. The highest BCUT2D eigenvalue weighted by Crippen LogP contribution is 2.50. The molecule has 1 N–H and O–H groups in total. The van der Waals surface area contributed by atoms with Crippen molar-refractivity contribution in [3.63, 3.8) is 0 Å². The zero-order valence-corrected chi connectivity index (χ0v) is 22.8. The van der Waals surface area contributed by atoms with Crippen LogP contribution in [0, 0.1) is 0 Å². The van der Waals surface area contributed by atoms with Crippen LogP contribution < -0.4 is 4.74 Å². The molecule has 0 bridgehead atoms. The van der Waals surface area contributed by atoms with Crippen molar-refractivity contribution in [1.29, 1.82) is 0 Å². The standard InChI is InChI=1S/C29H26Cl3NO5/c30-18-9-7-16(8-10-18)15-38-29-19(31)13-17(14-20(29)32)26-27-21(3-1-5-23(27)34)33(12-11-25(36)37)22-4-2-6-24(35)28(22)26/h7-10,13-14,26H,1-6,11-12,15H2,(H,36,37). The smallest absolute Gasteiger partial charge is 0.305 e. The Morgan fingerprint density at radius 3 is 1.97 bits per heavy atom. The number of aliphatic carboxylic acids is 1. The first kappa shape index (κ1) is 26.8. The van der Waals surface area contributed by atoms with Crippen LogP contribution in [0.3, 0.4) is 0 Å². The highest BCUT2D eigenvalue weighted by molar-refractivity contribution is 6.37. The topological polar surface area (TPSA) is 83.9 Å². The third-order valence-electron chi connectivity index (χ3n) is 7.29. The van der Waals surface area contributed by atoms with E-state index in [2.05, 4.69) is 0 Å². The van der Waals surface area contributed by atoms with Gasteiger partial charge in [-0.1, -0.05) is 46.9 Å². The molecule has 1 aliphatic heterocycles. The van der Waals surface area contributed by atoms with Crippen LogP contribution >= 0.6 is 34.8 Å². The van der Waals surface area contributed by atoms with Crippen molar-refractivity contribution in [2.45, 2.75) is 57.5 Å². The van der Waals surface area contributed by atoms with Crippen LogP contribution in [0.25, 0.3) is 0 Å². The maximum Gasteiger partial charge on any atom is 0.305 e. The molecule has 0 fully saturated rings. The van der Waals surface area contributed by atoms with Crippen molar-refractivity contribution in [3.8, 4) is 5.75 Å². The Morgan fingerprint density at radius 1 is 0.895 bits per heavy atom. The molecule has 0 saturated heterocycles. The summed E-state index contributed by atoms with van der Waals surface area (Å²) < 4.78 is 5.93. The van der Waals surface area contributed by atoms with Gasteiger partial charge in [-0.25, -0.2) is 0 Å². The van der Waals surface area contributed by atoms with E-state index < -0.39 is 11.9 Å². The SMILES string of the molecule is O=C(O)CCN1C2=C(C(=O)CCC2)C(c2cc(Cl)c(OCc3ccc(Cl)cc3)c(Cl)c2)C2=C1CCCC2=O. The fourth-order valence-electron chi connectivity index (χ4n) is 5.65. The van der Waals surface area contributed by atoms with Gasteiger partial charge in [-0.05, 0) is 61.1 Å². The highest BCUT2D eigenvalue weighted by Gasteiger charge is 2.43. The van der Waals surface area contributed by atoms with Crippen LogP contribution in [-0.4, -0.2) is 34.1 Å². The summed E-state index contributed by atoms with van der Waals surface area (Å²) in [5.74, 6) is -1.26. The molecule has 198 valence electrons. The van der Waals surface area contributed by atoms with Gasteiger partial charge in [-0.2, -0.15) is 0 Å². The van der Waals surface area contributed by atoms with Gasteiger partial charge in [0.2, 0.25) is 0 Å². The maximum atomic E-state index is 13.4. The second kappa shape index (κ2) is 11.1. The first-order chi connectivity index (χ1) is 18.2. The first-order valence-corrected chi connectivity index (χ1v) is 13.8. The van der Waals surface area contributed by atoms with Gasteiger partial charge in [0.1, 0.15) is 6.61 Å². The second-order valence-electron chi connectivity index (χ2n) is 9.73. The quantitative estimate of drug-likeness (QED) is 0.379. The summed E-state index contributed by atoms with van der Waals surface area (Å²) in [5, 5.41) is 10.5. The van der Waals surface area contributed by atoms with Crippen LogP contribution in [0.15, 0.2) is 58.9 Å². The average molecular weight is 575 g/mol. The van der Waals surface area contributed by atoms with Gasteiger partial charge in [-0.15, -0.1) is 0 Å². The maximum absolute atomic E-state index is 13.4. The Morgan fingerprint density at radius 2 is 1.45 bits per heavy atom. The number of allylic oxidation sites excluding steroid dienone is 4. The molecule has 0 unspecified atom stereocenters. The molecule has 0 spiro atoms. The van der Waals surface area contributed by atoms with Crippen molar-refractivity contribution in [2.24, 2.45) is 0 Å². The average Bonchev–Trinajstić information content (AvgIpc) is 2.87. The predicted molar refractivity (Wildman–Crippen MR) is 146 cm³/mol. The first-order valence-electron chi connectivity index (χ1n) is 12.6. The number of halogens is 3. The summed E-state index contributed by atoms with van der Waals surface area (Å²) in [7, 11) is 0. The zero-order chi connectivity index (χ0) is 27.0. The summed E-state index contributed by atoms with van der Waals surface area (Å²) in [6.07, 6.45) is 3.33. The van der Waals surface area contributed by atoms with Crippen molar-refractivity contribution in [1.82, 2.24) is 4.90 Å². The van der Waals surface area contributed by atoms with E-state index in [1.165, 1.54) is 0 Å². The van der Waals surface area contributed by atoms with Crippen molar-refractivity contribution >= 4 is 52.3 Å². The van der Waals surface area contributed by atoms with Crippen LogP contribution in [0.1, 0.15) is 62.0 Å². The van der Waals surface area contributed by atoms with Gasteiger partial charge in [0.25, 0.3) is 0 Å². The van der Waals surface area contributed by atoms with Gasteiger partial charge in [0.05, 0.1) is 16.5 Å². The Kier molecular flexibility index (Phi) is 7.85. The Labute approximate surface area is 235 Å². The van der Waals surface area contributed by atoms with Gasteiger partial charge >= 0.3 is 5.97 Å². The summed E-state index contributed by atoms with van der Waals surface area (Å²) >= 11 is 19.3. The molecule has 0 aromatic heterocycles. The summed E-state index contributed by atoms with van der Waals surface area (Å²) in [6.45, 7) is 0.457. The van der Waals surface area contributed by atoms with Crippen molar-refractivity contribution < 1.29 is 24.2 Å². The lowest BCUT2D eigenvalue weighted by Crippen LogP contribution is -2.39. The minimum atomic E-state index is -0.923. The molecule has 2 aliphatic carbocycles. The molecular formula is C29H26Cl3NO5. The molecule has 9 heteroatoms. The minimum Gasteiger partial charge on any atom is -0.486 e. The molecule has 0 amide bonds. The minimum absolute atomic E-state index is 0.0307. The number of benzene rings is 2. The van der Waals surface area contributed by atoms with E-state index in [0.29, 0.717) is 66.0 Å². The fraction of sp³-hybridized carbons (Fsp3) is 0.345. The number of rotatable bonds is 7. The number of hydrogen-bond donors (Lipinski definition) is 1. The number of carbonyl (C=O) groups excluding carboxylic acids is 2. The van der Waals surface area contributed by atoms with Crippen LogP contribution in [0.4, 0.5) is 0 Å². The van der Waals surface area contributed by atoms with Crippen LogP contribution in [-0.2, 0) is 21.0 Å². The van der Waals surface area contributed by atoms with Crippen LogP contribution in [0.2, 0.25) is 15.1 Å². The number of carboxylic acids is 1. The molecule has 2 aromatic carbocycles. The molecule has 3 aliphatic rings. The normalized spacial score (nSPS) is 18.0. The van der Waals surface area contributed by atoms with E-state index in [1.54, 1.807) is 24.3 Å². The monoisotopic (exact) mass is 573 g/mol. The lowest BCUT2D eigenvalue weighted by molar-refractivity contribution is -0.137. The third kappa shape index (κ3) is 5.22. The largest absolute Gasteiger partial charge is 0.486 e.